The van der Waals surface area contributed by atoms with Crippen molar-refractivity contribution in [1.82, 2.24) is 0 Å². The van der Waals surface area contributed by atoms with E-state index in [9.17, 15) is 0 Å². The average Bonchev–Trinajstić information content (AvgIpc) is 2.99. The van der Waals surface area contributed by atoms with Crippen LogP contribution in [0.15, 0.2) is 24.0 Å². The maximum absolute atomic E-state index is 5.81. The molecule has 2 unspecified atom stereocenters. The minimum Gasteiger partial charge on any atom is -0.494 e. The Morgan fingerprint density at radius 2 is 2.00 bits per heavy atom. The van der Waals surface area contributed by atoms with Crippen LogP contribution >= 0.6 is 0 Å². The summed E-state index contributed by atoms with van der Waals surface area (Å²) in [5.74, 6) is 1.87. The third kappa shape index (κ3) is 3.62. The van der Waals surface area contributed by atoms with Gasteiger partial charge in [-0.2, -0.15) is 0 Å². The Morgan fingerprint density at radius 1 is 1.24 bits per heavy atom. The van der Waals surface area contributed by atoms with Gasteiger partial charge in [0.25, 0.3) is 0 Å². The van der Waals surface area contributed by atoms with E-state index in [1.165, 1.54) is 44.9 Å². The lowest BCUT2D eigenvalue weighted by molar-refractivity contribution is 0.213. The third-order valence-electron chi connectivity index (χ3n) is 4.11. The van der Waals surface area contributed by atoms with Gasteiger partial charge in [-0.3, -0.25) is 0 Å². The number of hydrogen-bond donors (Lipinski definition) is 0. The first-order chi connectivity index (χ1) is 8.24. The molecule has 0 aromatic carbocycles. The van der Waals surface area contributed by atoms with E-state index in [0.29, 0.717) is 5.41 Å². The molecule has 0 aromatic heterocycles. The molecule has 0 N–H and O–H groups in total. The van der Waals surface area contributed by atoms with Gasteiger partial charge in [0.2, 0.25) is 0 Å². The summed E-state index contributed by atoms with van der Waals surface area (Å²) in [5.41, 5.74) is 0.479. The topological polar surface area (TPSA) is 9.23 Å². The second-order valence-electron chi connectivity index (χ2n) is 5.84. The number of hydrogen-bond acceptors (Lipinski definition) is 1. The molecular weight excluding hydrogens is 208 g/mol. The quantitative estimate of drug-likeness (QED) is 0.546. The van der Waals surface area contributed by atoms with Gasteiger partial charge < -0.3 is 4.74 Å². The number of rotatable bonds is 8. The van der Waals surface area contributed by atoms with E-state index in [1.54, 1.807) is 0 Å². The van der Waals surface area contributed by atoms with Gasteiger partial charge in [-0.25, -0.2) is 0 Å². The lowest BCUT2D eigenvalue weighted by Gasteiger charge is -2.12. The molecule has 17 heavy (non-hydrogen) atoms. The largest absolute Gasteiger partial charge is 0.494 e. The van der Waals surface area contributed by atoms with E-state index < -0.39 is 0 Å². The van der Waals surface area contributed by atoms with Crippen molar-refractivity contribution < 1.29 is 4.74 Å². The molecule has 0 saturated heterocycles. The summed E-state index contributed by atoms with van der Waals surface area (Å²) in [5, 5.41) is 0. The SMILES string of the molecule is CCCCCCCCOC1=CC2CC2(C)C=C1. The molecule has 0 aromatic rings. The van der Waals surface area contributed by atoms with Gasteiger partial charge in [0, 0.05) is 0 Å². The van der Waals surface area contributed by atoms with E-state index in [2.05, 4.69) is 32.1 Å². The molecular formula is C16H26O. The molecule has 2 atom stereocenters. The summed E-state index contributed by atoms with van der Waals surface area (Å²) in [6, 6.07) is 0. The van der Waals surface area contributed by atoms with Crippen LogP contribution in [0.3, 0.4) is 0 Å². The molecule has 1 nitrogen and oxygen atoms in total. The van der Waals surface area contributed by atoms with Crippen LogP contribution in [0, 0.1) is 11.3 Å². The molecule has 0 heterocycles. The zero-order valence-electron chi connectivity index (χ0n) is 11.4. The fraction of sp³-hybridized carbons (Fsp3) is 0.750. The highest BCUT2D eigenvalue weighted by molar-refractivity contribution is 5.31. The molecule has 2 rings (SSSR count). The van der Waals surface area contributed by atoms with Crippen molar-refractivity contribution in [3.05, 3.63) is 24.0 Å². The summed E-state index contributed by atoms with van der Waals surface area (Å²) in [6.07, 6.45) is 16.1. The lowest BCUT2D eigenvalue weighted by atomic mass is 10.0. The second kappa shape index (κ2) is 5.75. The van der Waals surface area contributed by atoms with E-state index in [-0.39, 0.29) is 0 Å². The summed E-state index contributed by atoms with van der Waals surface area (Å²) < 4.78 is 5.81. The van der Waals surface area contributed by atoms with Gasteiger partial charge in [-0.1, -0.05) is 52.0 Å². The second-order valence-corrected chi connectivity index (χ2v) is 5.84. The average molecular weight is 234 g/mol. The highest BCUT2D eigenvalue weighted by Gasteiger charge is 2.48. The first kappa shape index (κ1) is 12.7. The van der Waals surface area contributed by atoms with Crippen molar-refractivity contribution in [3.8, 4) is 0 Å². The first-order valence-corrected chi connectivity index (χ1v) is 7.28. The maximum Gasteiger partial charge on any atom is 0.115 e. The molecule has 0 radical (unpaired) electrons. The minimum atomic E-state index is 0.479. The van der Waals surface area contributed by atoms with Crippen LogP contribution in [-0.4, -0.2) is 6.61 Å². The fourth-order valence-electron chi connectivity index (χ4n) is 2.55. The zero-order chi connectivity index (χ0) is 12.1. The predicted octanol–water partition coefficient (Wildman–Crippen LogP) is 4.84. The smallest absolute Gasteiger partial charge is 0.115 e. The standard InChI is InChI=1S/C16H26O/c1-3-4-5-6-7-8-11-17-15-9-10-16(2)13-14(16)12-15/h9-10,12,14H,3-8,11,13H2,1-2H3. The van der Waals surface area contributed by atoms with Crippen LogP contribution in [0.5, 0.6) is 0 Å². The van der Waals surface area contributed by atoms with Gasteiger partial charge in [0.15, 0.2) is 0 Å². The molecule has 2 aliphatic rings. The summed E-state index contributed by atoms with van der Waals surface area (Å²) >= 11 is 0. The highest BCUT2D eigenvalue weighted by atomic mass is 16.5. The Hall–Kier alpha value is -0.720. The summed E-state index contributed by atoms with van der Waals surface area (Å²) in [7, 11) is 0. The van der Waals surface area contributed by atoms with Crippen LogP contribution in [0.25, 0.3) is 0 Å². The lowest BCUT2D eigenvalue weighted by Crippen LogP contribution is -2.01. The molecule has 1 fully saturated rings. The number of ether oxygens (including phenoxy) is 1. The summed E-state index contributed by atoms with van der Waals surface area (Å²) in [4.78, 5) is 0. The predicted molar refractivity (Wildman–Crippen MR) is 72.8 cm³/mol. The Labute approximate surface area is 106 Å². The van der Waals surface area contributed by atoms with E-state index in [4.69, 9.17) is 4.74 Å². The Kier molecular flexibility index (Phi) is 4.31. The van der Waals surface area contributed by atoms with Gasteiger partial charge in [0.05, 0.1) is 6.61 Å². The zero-order valence-corrected chi connectivity index (χ0v) is 11.4. The van der Waals surface area contributed by atoms with Crippen molar-refractivity contribution in [2.45, 2.75) is 58.8 Å². The van der Waals surface area contributed by atoms with Gasteiger partial charge >= 0.3 is 0 Å². The van der Waals surface area contributed by atoms with Gasteiger partial charge in [-0.15, -0.1) is 0 Å². The van der Waals surface area contributed by atoms with Crippen LogP contribution < -0.4 is 0 Å². The Bertz CT molecular complexity index is 303. The van der Waals surface area contributed by atoms with E-state index in [0.717, 1.165) is 18.3 Å². The Morgan fingerprint density at radius 3 is 2.76 bits per heavy atom. The molecule has 1 saturated carbocycles. The van der Waals surface area contributed by atoms with E-state index in [1.807, 2.05) is 0 Å². The maximum atomic E-state index is 5.81. The van der Waals surface area contributed by atoms with Gasteiger partial charge in [-0.05, 0) is 36.3 Å². The number of unbranched alkanes of at least 4 members (excludes halogenated alkanes) is 5. The van der Waals surface area contributed by atoms with Crippen LogP contribution in [0.1, 0.15) is 58.8 Å². The van der Waals surface area contributed by atoms with Crippen molar-refractivity contribution in [3.63, 3.8) is 0 Å². The van der Waals surface area contributed by atoms with Crippen molar-refractivity contribution >= 4 is 0 Å². The van der Waals surface area contributed by atoms with E-state index >= 15 is 0 Å². The fourth-order valence-corrected chi connectivity index (χ4v) is 2.55. The number of allylic oxidation sites excluding steroid dienone is 3. The molecule has 0 spiro atoms. The Balaban J connectivity index is 1.52. The molecule has 0 bridgehead atoms. The molecule has 0 aliphatic heterocycles. The minimum absolute atomic E-state index is 0.479. The van der Waals surface area contributed by atoms with Crippen LogP contribution in [0.2, 0.25) is 0 Å². The highest BCUT2D eigenvalue weighted by Crippen LogP contribution is 2.56. The van der Waals surface area contributed by atoms with Crippen molar-refractivity contribution in [2.75, 3.05) is 6.61 Å². The molecule has 2 aliphatic carbocycles. The normalized spacial score (nSPS) is 29.8. The van der Waals surface area contributed by atoms with Crippen molar-refractivity contribution in [2.24, 2.45) is 11.3 Å². The molecule has 1 heteroatoms. The third-order valence-corrected chi connectivity index (χ3v) is 4.11. The molecule has 96 valence electrons. The summed E-state index contributed by atoms with van der Waals surface area (Å²) in [6.45, 7) is 5.48. The van der Waals surface area contributed by atoms with Crippen molar-refractivity contribution in [1.29, 1.82) is 0 Å². The first-order valence-electron chi connectivity index (χ1n) is 7.28. The van der Waals surface area contributed by atoms with Gasteiger partial charge in [0.1, 0.15) is 5.76 Å². The van der Waals surface area contributed by atoms with Crippen LogP contribution in [0.4, 0.5) is 0 Å². The number of fused-ring (bicyclic) bond motifs is 1. The molecule has 0 amide bonds. The monoisotopic (exact) mass is 234 g/mol. The van der Waals surface area contributed by atoms with Crippen LogP contribution in [-0.2, 0) is 4.74 Å².